The number of nitro benzene ring substituents is 1. The van der Waals surface area contributed by atoms with E-state index in [0.29, 0.717) is 5.56 Å². The van der Waals surface area contributed by atoms with Crippen LogP contribution in [0.1, 0.15) is 33.2 Å². The van der Waals surface area contributed by atoms with Crippen LogP contribution >= 0.6 is 0 Å². The minimum Gasteiger partial charge on any atom is -0.496 e. The van der Waals surface area contributed by atoms with Crippen LogP contribution in [0.3, 0.4) is 0 Å². The van der Waals surface area contributed by atoms with Crippen LogP contribution in [0, 0.1) is 10.1 Å². The van der Waals surface area contributed by atoms with Gasteiger partial charge in [0.05, 0.1) is 12.0 Å². The maximum atomic E-state index is 12.5. The summed E-state index contributed by atoms with van der Waals surface area (Å²) in [6.45, 7) is 1.53. The van der Waals surface area contributed by atoms with E-state index in [0.717, 1.165) is 29.0 Å². The number of ether oxygens (including phenoxy) is 2. The lowest BCUT2D eigenvalue weighted by atomic mass is 10.1. The molecule has 0 radical (unpaired) electrons. The molecule has 8 heteroatoms. The predicted octanol–water partition coefficient (Wildman–Crippen LogP) is 3.69. The lowest BCUT2D eigenvalue weighted by molar-refractivity contribution is -0.384. The number of carbonyl (C=O) groups excluding carboxylic acids is 2. The Morgan fingerprint density at radius 3 is 2.64 bits per heavy atom. The second kappa shape index (κ2) is 7.91. The number of H-pyrrole nitrogens is 1. The van der Waals surface area contributed by atoms with Gasteiger partial charge in [-0.15, -0.1) is 0 Å². The SMILES string of the molecule is CCc1cccc2c(C(=O)COC(=O)c3cc([N+](=O)[O-])ccc3OC)c[nH]c12. The minimum absolute atomic E-state index is 0.114. The number of esters is 1. The molecule has 1 N–H and O–H groups in total. The highest BCUT2D eigenvalue weighted by molar-refractivity contribution is 6.09. The number of fused-ring (bicyclic) bond motifs is 1. The molecular formula is C20H18N2O6. The molecule has 28 heavy (non-hydrogen) atoms. The van der Waals surface area contributed by atoms with Crippen molar-refractivity contribution in [3.63, 3.8) is 0 Å². The normalized spacial score (nSPS) is 10.6. The van der Waals surface area contributed by atoms with Crippen LogP contribution in [-0.4, -0.2) is 35.4 Å². The van der Waals surface area contributed by atoms with Crippen molar-refractivity contribution >= 4 is 28.3 Å². The number of aryl methyl sites for hydroxylation is 1. The van der Waals surface area contributed by atoms with E-state index in [1.54, 1.807) is 6.20 Å². The first kappa shape index (κ1) is 19.1. The summed E-state index contributed by atoms with van der Waals surface area (Å²) in [4.78, 5) is 38.3. The summed E-state index contributed by atoms with van der Waals surface area (Å²) in [7, 11) is 1.33. The summed E-state index contributed by atoms with van der Waals surface area (Å²) in [6.07, 6.45) is 2.40. The molecule has 2 aromatic carbocycles. The number of benzene rings is 2. The number of aromatic nitrogens is 1. The minimum atomic E-state index is -0.872. The van der Waals surface area contributed by atoms with Gasteiger partial charge in [-0.05, 0) is 18.1 Å². The van der Waals surface area contributed by atoms with E-state index in [1.807, 2.05) is 25.1 Å². The first-order chi connectivity index (χ1) is 13.5. The largest absolute Gasteiger partial charge is 0.496 e. The quantitative estimate of drug-likeness (QED) is 0.289. The van der Waals surface area contributed by atoms with Gasteiger partial charge in [0, 0.05) is 34.8 Å². The Kier molecular flexibility index (Phi) is 5.39. The second-order valence-electron chi connectivity index (χ2n) is 6.04. The highest BCUT2D eigenvalue weighted by atomic mass is 16.6. The van der Waals surface area contributed by atoms with Crippen molar-refractivity contribution in [2.75, 3.05) is 13.7 Å². The molecule has 3 aromatic rings. The number of carbonyl (C=O) groups is 2. The van der Waals surface area contributed by atoms with Crippen LogP contribution in [0.25, 0.3) is 10.9 Å². The zero-order chi connectivity index (χ0) is 20.3. The predicted molar refractivity (Wildman–Crippen MR) is 102 cm³/mol. The van der Waals surface area contributed by atoms with Crippen LogP contribution in [-0.2, 0) is 11.2 Å². The average molecular weight is 382 g/mol. The van der Waals surface area contributed by atoms with Crippen molar-refractivity contribution in [2.45, 2.75) is 13.3 Å². The van der Waals surface area contributed by atoms with E-state index in [9.17, 15) is 19.7 Å². The number of para-hydroxylation sites is 1. The molecule has 144 valence electrons. The van der Waals surface area contributed by atoms with E-state index in [2.05, 4.69) is 4.98 Å². The van der Waals surface area contributed by atoms with Crippen LogP contribution in [0.2, 0.25) is 0 Å². The fourth-order valence-corrected chi connectivity index (χ4v) is 3.00. The Hall–Kier alpha value is -3.68. The zero-order valence-electron chi connectivity index (χ0n) is 15.4. The monoisotopic (exact) mass is 382 g/mol. The van der Waals surface area contributed by atoms with Gasteiger partial charge >= 0.3 is 5.97 Å². The third-order valence-corrected chi connectivity index (χ3v) is 4.43. The van der Waals surface area contributed by atoms with Gasteiger partial charge in [-0.3, -0.25) is 14.9 Å². The molecule has 8 nitrogen and oxygen atoms in total. The molecular weight excluding hydrogens is 364 g/mol. The molecule has 0 aliphatic heterocycles. The number of aromatic amines is 1. The highest BCUT2D eigenvalue weighted by Gasteiger charge is 2.21. The van der Waals surface area contributed by atoms with Crippen molar-refractivity contribution in [2.24, 2.45) is 0 Å². The third-order valence-electron chi connectivity index (χ3n) is 4.43. The summed E-state index contributed by atoms with van der Waals surface area (Å²) >= 11 is 0. The zero-order valence-corrected chi connectivity index (χ0v) is 15.4. The lowest BCUT2D eigenvalue weighted by Crippen LogP contribution is -2.15. The maximum Gasteiger partial charge on any atom is 0.342 e. The van der Waals surface area contributed by atoms with E-state index < -0.39 is 17.5 Å². The van der Waals surface area contributed by atoms with Crippen molar-refractivity contribution < 1.29 is 24.0 Å². The molecule has 3 rings (SSSR count). The maximum absolute atomic E-state index is 12.5. The highest BCUT2D eigenvalue weighted by Crippen LogP contribution is 2.25. The fraction of sp³-hybridized carbons (Fsp3) is 0.200. The molecule has 0 saturated carbocycles. The number of nitro groups is 1. The summed E-state index contributed by atoms with van der Waals surface area (Å²) < 4.78 is 10.1. The lowest BCUT2D eigenvalue weighted by Gasteiger charge is -2.08. The number of rotatable bonds is 7. The topological polar surface area (TPSA) is 112 Å². The summed E-state index contributed by atoms with van der Waals surface area (Å²) in [5.74, 6) is -1.12. The summed E-state index contributed by atoms with van der Waals surface area (Å²) in [5, 5.41) is 11.7. The van der Waals surface area contributed by atoms with Crippen molar-refractivity contribution in [3.8, 4) is 5.75 Å². The number of ketones is 1. The number of hydrogen-bond donors (Lipinski definition) is 1. The molecule has 0 bridgehead atoms. The number of Topliss-reactive ketones (excluding diaryl/α,β-unsaturated/α-hetero) is 1. The molecule has 0 saturated heterocycles. The number of nitrogens with zero attached hydrogens (tertiary/aromatic N) is 1. The van der Waals surface area contributed by atoms with Gasteiger partial charge in [-0.25, -0.2) is 4.79 Å². The van der Waals surface area contributed by atoms with Crippen molar-refractivity contribution in [1.29, 1.82) is 0 Å². The Labute approximate surface area is 160 Å². The molecule has 0 spiro atoms. The smallest absolute Gasteiger partial charge is 0.342 e. The van der Waals surface area contributed by atoms with E-state index in [4.69, 9.17) is 9.47 Å². The molecule has 0 fully saturated rings. The van der Waals surface area contributed by atoms with Gasteiger partial charge in [0.1, 0.15) is 11.3 Å². The molecule has 0 atom stereocenters. The first-order valence-corrected chi connectivity index (χ1v) is 8.58. The summed E-state index contributed by atoms with van der Waals surface area (Å²) in [5.41, 5.74) is 1.98. The molecule has 1 aromatic heterocycles. The molecule has 0 aliphatic rings. The van der Waals surface area contributed by atoms with Gasteiger partial charge in [0.25, 0.3) is 5.69 Å². The Morgan fingerprint density at radius 1 is 1.18 bits per heavy atom. The van der Waals surface area contributed by atoms with Gasteiger partial charge in [-0.1, -0.05) is 25.1 Å². The molecule has 0 unspecified atom stereocenters. The van der Waals surface area contributed by atoms with Crippen LogP contribution in [0.5, 0.6) is 5.75 Å². The number of hydrogen-bond acceptors (Lipinski definition) is 6. The Bertz CT molecular complexity index is 1070. The van der Waals surface area contributed by atoms with Gasteiger partial charge in [-0.2, -0.15) is 0 Å². The standard InChI is InChI=1S/C20H18N2O6/c1-3-12-5-4-6-14-16(10-21-19(12)14)17(23)11-28-20(24)15-9-13(22(25)26)7-8-18(15)27-2/h4-10,21H,3,11H2,1-2H3. The fourth-order valence-electron chi connectivity index (χ4n) is 3.00. The van der Waals surface area contributed by atoms with E-state index >= 15 is 0 Å². The Balaban J connectivity index is 1.79. The van der Waals surface area contributed by atoms with Gasteiger partial charge in [0.2, 0.25) is 5.78 Å². The number of methoxy groups -OCH3 is 1. The third kappa shape index (κ3) is 3.57. The van der Waals surface area contributed by atoms with Crippen LogP contribution in [0.15, 0.2) is 42.6 Å². The summed E-state index contributed by atoms with van der Waals surface area (Å²) in [6, 6.07) is 9.25. The number of nitrogens with one attached hydrogen (secondary N) is 1. The van der Waals surface area contributed by atoms with Crippen LogP contribution in [0.4, 0.5) is 5.69 Å². The molecule has 0 aliphatic carbocycles. The Morgan fingerprint density at radius 2 is 1.96 bits per heavy atom. The van der Waals surface area contributed by atoms with Gasteiger partial charge < -0.3 is 14.5 Å². The second-order valence-corrected chi connectivity index (χ2v) is 6.04. The first-order valence-electron chi connectivity index (χ1n) is 8.58. The van der Waals surface area contributed by atoms with Gasteiger partial charge in [0.15, 0.2) is 6.61 Å². The van der Waals surface area contributed by atoms with Crippen molar-refractivity contribution in [3.05, 3.63) is 69.4 Å². The van der Waals surface area contributed by atoms with Crippen molar-refractivity contribution in [1.82, 2.24) is 4.98 Å². The number of non-ortho nitro benzene ring substituents is 1. The van der Waals surface area contributed by atoms with Crippen LogP contribution < -0.4 is 4.74 Å². The average Bonchev–Trinajstić information content (AvgIpc) is 3.15. The molecule has 1 heterocycles. The molecule has 0 amide bonds. The van der Waals surface area contributed by atoms with E-state index in [1.165, 1.54) is 19.2 Å². The van der Waals surface area contributed by atoms with E-state index in [-0.39, 0.29) is 22.8 Å².